The number of benzene rings is 4. The molecule has 4 aromatic carbocycles. The molecule has 0 fully saturated rings. The largest absolute Gasteiger partial charge is 0.357 e. The number of nitrogens with zero attached hydrogens (tertiary/aromatic N) is 2. The highest BCUT2D eigenvalue weighted by atomic mass is 35.5. The van der Waals surface area contributed by atoms with Crippen molar-refractivity contribution in [2.45, 2.75) is 30.8 Å². The van der Waals surface area contributed by atoms with E-state index in [0.717, 1.165) is 21.0 Å². The molecule has 42 heavy (non-hydrogen) atoms. The number of hydrogen-bond donors (Lipinski definition) is 1. The average molecular weight is 625 g/mol. The van der Waals surface area contributed by atoms with Crippen LogP contribution in [0, 0.1) is 6.92 Å². The SMILES string of the molecule is CNC(=O)[C@@H](Cc1ccccc1)N(Cc1ccccc1C)C(=O)CN(c1ccc(Cl)cc1Cl)S(=O)(=O)c1ccccc1. The Morgan fingerprint density at radius 2 is 1.48 bits per heavy atom. The van der Waals surface area contributed by atoms with E-state index in [2.05, 4.69) is 5.32 Å². The third-order valence-electron chi connectivity index (χ3n) is 6.91. The maximum atomic E-state index is 14.3. The van der Waals surface area contributed by atoms with Crippen LogP contribution in [0.15, 0.2) is 108 Å². The van der Waals surface area contributed by atoms with E-state index < -0.39 is 28.5 Å². The summed E-state index contributed by atoms with van der Waals surface area (Å²) >= 11 is 12.6. The van der Waals surface area contributed by atoms with Crippen LogP contribution in [0.1, 0.15) is 16.7 Å². The Morgan fingerprint density at radius 1 is 0.857 bits per heavy atom. The molecule has 0 unspecified atom stereocenters. The van der Waals surface area contributed by atoms with Gasteiger partial charge in [0.05, 0.1) is 15.6 Å². The third-order valence-corrected chi connectivity index (χ3v) is 9.22. The summed E-state index contributed by atoms with van der Waals surface area (Å²) in [4.78, 5) is 29.1. The van der Waals surface area contributed by atoms with Gasteiger partial charge in [-0.15, -0.1) is 0 Å². The molecule has 4 aromatic rings. The molecule has 0 saturated heterocycles. The van der Waals surface area contributed by atoms with E-state index >= 15 is 0 Å². The first kappa shape index (κ1) is 31.1. The van der Waals surface area contributed by atoms with Crippen LogP contribution in [0.4, 0.5) is 5.69 Å². The summed E-state index contributed by atoms with van der Waals surface area (Å²) < 4.78 is 28.9. The number of amides is 2. The lowest BCUT2D eigenvalue weighted by atomic mass is 10.0. The summed E-state index contributed by atoms with van der Waals surface area (Å²) in [6.07, 6.45) is 0.227. The van der Waals surface area contributed by atoms with Crippen LogP contribution in [0.25, 0.3) is 0 Å². The first-order valence-electron chi connectivity index (χ1n) is 13.2. The van der Waals surface area contributed by atoms with Gasteiger partial charge in [0.15, 0.2) is 0 Å². The van der Waals surface area contributed by atoms with Crippen molar-refractivity contribution in [2.75, 3.05) is 17.9 Å². The van der Waals surface area contributed by atoms with Crippen LogP contribution >= 0.6 is 23.2 Å². The molecule has 218 valence electrons. The van der Waals surface area contributed by atoms with Crippen LogP contribution in [0.5, 0.6) is 0 Å². The molecule has 7 nitrogen and oxygen atoms in total. The fraction of sp³-hybridized carbons (Fsp3) is 0.188. The number of likely N-dealkylation sites (N-methyl/N-ethyl adjacent to an activating group) is 1. The second kappa shape index (κ2) is 13.9. The van der Waals surface area contributed by atoms with E-state index in [1.54, 1.807) is 18.2 Å². The Morgan fingerprint density at radius 3 is 2.10 bits per heavy atom. The molecule has 10 heteroatoms. The molecule has 2 amide bonds. The molecule has 0 heterocycles. The highest BCUT2D eigenvalue weighted by Gasteiger charge is 2.35. The molecule has 0 radical (unpaired) electrons. The monoisotopic (exact) mass is 623 g/mol. The van der Waals surface area contributed by atoms with Gasteiger partial charge in [0.2, 0.25) is 11.8 Å². The van der Waals surface area contributed by atoms with E-state index in [1.807, 2.05) is 61.5 Å². The van der Waals surface area contributed by atoms with Gasteiger partial charge in [-0.3, -0.25) is 13.9 Å². The quantitative estimate of drug-likeness (QED) is 0.226. The standard InChI is InChI=1S/C32H31Cl2N3O4S/c1-23-11-9-10-14-25(23)21-36(30(32(39)35-2)19-24-12-5-3-6-13-24)31(38)22-37(29-18-17-26(33)20-28(29)34)42(40,41)27-15-7-4-8-16-27/h3-18,20,30H,19,21-22H2,1-2H3,(H,35,39)/t30-/m1/s1. The minimum absolute atomic E-state index is 0.0126. The van der Waals surface area contributed by atoms with Gasteiger partial charge < -0.3 is 10.2 Å². The lowest BCUT2D eigenvalue weighted by molar-refractivity contribution is -0.139. The smallest absolute Gasteiger partial charge is 0.264 e. The Hall–Kier alpha value is -3.85. The minimum atomic E-state index is -4.25. The first-order valence-corrected chi connectivity index (χ1v) is 15.4. The van der Waals surface area contributed by atoms with Gasteiger partial charge >= 0.3 is 0 Å². The average Bonchev–Trinajstić information content (AvgIpc) is 2.99. The molecule has 0 aliphatic carbocycles. The zero-order chi connectivity index (χ0) is 30.3. The molecule has 0 bridgehead atoms. The molecule has 4 rings (SSSR count). The molecule has 0 aliphatic heterocycles. The Labute approximate surface area is 256 Å². The minimum Gasteiger partial charge on any atom is -0.357 e. The van der Waals surface area contributed by atoms with E-state index in [4.69, 9.17) is 23.2 Å². The van der Waals surface area contributed by atoms with Crippen molar-refractivity contribution in [1.29, 1.82) is 0 Å². The maximum absolute atomic E-state index is 14.3. The number of carbonyl (C=O) groups excluding carboxylic acids is 2. The first-order chi connectivity index (χ1) is 20.1. The Bertz CT molecular complexity index is 1650. The molecule has 1 atom stereocenters. The van der Waals surface area contributed by atoms with Crippen LogP contribution in [0.2, 0.25) is 10.0 Å². The van der Waals surface area contributed by atoms with E-state index in [-0.39, 0.29) is 34.5 Å². The molecule has 0 aromatic heterocycles. The Balaban J connectivity index is 1.81. The van der Waals surface area contributed by atoms with Gasteiger partial charge in [-0.1, -0.05) is 96.0 Å². The fourth-order valence-electron chi connectivity index (χ4n) is 4.61. The van der Waals surface area contributed by atoms with Crippen molar-refractivity contribution in [2.24, 2.45) is 0 Å². The predicted molar refractivity (Wildman–Crippen MR) is 167 cm³/mol. The van der Waals surface area contributed by atoms with Crippen LogP contribution < -0.4 is 9.62 Å². The molecule has 0 spiro atoms. The summed E-state index contributed by atoms with van der Waals surface area (Å²) in [6, 6.07) is 28.2. The van der Waals surface area contributed by atoms with Gasteiger partial charge in [-0.25, -0.2) is 8.42 Å². The molecule has 1 N–H and O–H groups in total. The molecule has 0 aliphatic rings. The highest BCUT2D eigenvalue weighted by molar-refractivity contribution is 7.92. The third kappa shape index (κ3) is 7.31. The highest BCUT2D eigenvalue weighted by Crippen LogP contribution is 2.33. The van der Waals surface area contributed by atoms with Crippen LogP contribution in [-0.2, 0) is 32.6 Å². The second-order valence-corrected chi connectivity index (χ2v) is 12.4. The van der Waals surface area contributed by atoms with E-state index in [9.17, 15) is 18.0 Å². The lowest BCUT2D eigenvalue weighted by Gasteiger charge is -2.34. The van der Waals surface area contributed by atoms with Gasteiger partial charge in [0.1, 0.15) is 12.6 Å². The summed E-state index contributed by atoms with van der Waals surface area (Å²) in [5.74, 6) is -0.948. The molecule has 0 saturated carbocycles. The van der Waals surface area contributed by atoms with E-state index in [0.29, 0.717) is 5.02 Å². The Kier molecular flexibility index (Phi) is 10.3. The van der Waals surface area contributed by atoms with Crippen molar-refractivity contribution in [3.63, 3.8) is 0 Å². The van der Waals surface area contributed by atoms with E-state index in [1.165, 1.54) is 42.3 Å². The number of sulfonamides is 1. The normalized spacial score (nSPS) is 11.9. The maximum Gasteiger partial charge on any atom is 0.264 e. The number of carbonyl (C=O) groups is 2. The number of rotatable bonds is 11. The molecular weight excluding hydrogens is 593 g/mol. The predicted octanol–water partition coefficient (Wildman–Crippen LogP) is 5.88. The molecular formula is C32H31Cl2N3O4S. The number of halogens is 2. The van der Waals surface area contributed by atoms with Crippen molar-refractivity contribution in [3.05, 3.63) is 130 Å². The zero-order valence-electron chi connectivity index (χ0n) is 23.2. The lowest BCUT2D eigenvalue weighted by Crippen LogP contribution is -2.53. The number of anilines is 1. The van der Waals surface area contributed by atoms with Gasteiger partial charge in [-0.05, 0) is 53.9 Å². The number of aryl methyl sites for hydroxylation is 1. The van der Waals surface area contributed by atoms with Crippen molar-refractivity contribution < 1.29 is 18.0 Å². The number of hydrogen-bond acceptors (Lipinski definition) is 4. The van der Waals surface area contributed by atoms with Crippen molar-refractivity contribution >= 4 is 50.7 Å². The summed E-state index contributed by atoms with van der Waals surface area (Å²) in [5.41, 5.74) is 2.70. The van der Waals surface area contributed by atoms with Crippen molar-refractivity contribution in [3.8, 4) is 0 Å². The fourth-order valence-corrected chi connectivity index (χ4v) is 6.62. The van der Waals surface area contributed by atoms with Crippen LogP contribution in [-0.4, -0.2) is 44.8 Å². The van der Waals surface area contributed by atoms with Gasteiger partial charge in [0.25, 0.3) is 10.0 Å². The second-order valence-electron chi connectivity index (χ2n) is 9.69. The zero-order valence-corrected chi connectivity index (χ0v) is 25.5. The number of nitrogens with one attached hydrogen (secondary N) is 1. The van der Waals surface area contributed by atoms with Gasteiger partial charge in [-0.2, -0.15) is 0 Å². The van der Waals surface area contributed by atoms with Crippen molar-refractivity contribution in [1.82, 2.24) is 10.2 Å². The van der Waals surface area contributed by atoms with Crippen LogP contribution in [0.3, 0.4) is 0 Å². The summed E-state index contributed by atoms with van der Waals surface area (Å²) in [6.45, 7) is 1.40. The van der Waals surface area contributed by atoms with Gasteiger partial charge in [0, 0.05) is 25.0 Å². The topological polar surface area (TPSA) is 86.8 Å². The summed E-state index contributed by atoms with van der Waals surface area (Å²) in [5, 5.41) is 3.06. The summed E-state index contributed by atoms with van der Waals surface area (Å²) in [7, 11) is -2.74.